The Bertz CT molecular complexity index is 560. The Labute approximate surface area is 98.6 Å². The molecule has 0 radical (unpaired) electrons. The van der Waals surface area contributed by atoms with Crippen LogP contribution in [0.4, 0.5) is 0 Å². The minimum atomic E-state index is -0.176. The molecule has 5 heteroatoms. The van der Waals surface area contributed by atoms with Crippen molar-refractivity contribution in [3.05, 3.63) is 29.5 Å². The molecule has 5 N–H and O–H groups in total. The molecule has 0 atom stereocenters. The fraction of sp³-hybridized carbons (Fsp3) is 0.250. The molecular weight excluding hydrogens is 218 g/mol. The highest BCUT2D eigenvalue weighted by atomic mass is 16.3. The van der Waals surface area contributed by atoms with Crippen LogP contribution in [0, 0.1) is 6.92 Å². The maximum atomic E-state index is 11.9. The standard InChI is InChI=1S/C12H15N3O2/c1-7-11(12(17)14-5-4-13)9-6-8(16)2-3-10(9)15-7/h2-3,6,15-16H,4-5,13H2,1H3,(H,14,17). The molecule has 1 amide bonds. The Hall–Kier alpha value is -2.01. The fourth-order valence-electron chi connectivity index (χ4n) is 1.88. The number of phenolic OH excluding ortho intramolecular Hbond substituents is 1. The van der Waals surface area contributed by atoms with E-state index in [1.54, 1.807) is 18.2 Å². The number of H-pyrrole nitrogens is 1. The average Bonchev–Trinajstić information content (AvgIpc) is 2.61. The molecule has 0 aliphatic rings. The molecular formula is C12H15N3O2. The highest BCUT2D eigenvalue weighted by molar-refractivity contribution is 6.08. The van der Waals surface area contributed by atoms with Crippen molar-refractivity contribution in [3.63, 3.8) is 0 Å². The molecule has 0 saturated heterocycles. The summed E-state index contributed by atoms with van der Waals surface area (Å²) in [4.78, 5) is 15.1. The summed E-state index contributed by atoms with van der Waals surface area (Å²) >= 11 is 0. The molecule has 0 unspecified atom stereocenters. The van der Waals surface area contributed by atoms with Gasteiger partial charge in [-0.25, -0.2) is 0 Å². The van der Waals surface area contributed by atoms with Gasteiger partial charge in [0.2, 0.25) is 0 Å². The van der Waals surface area contributed by atoms with E-state index in [1.165, 1.54) is 0 Å². The molecule has 17 heavy (non-hydrogen) atoms. The van der Waals surface area contributed by atoms with Crippen molar-refractivity contribution in [2.45, 2.75) is 6.92 Å². The van der Waals surface area contributed by atoms with Crippen LogP contribution in [0.3, 0.4) is 0 Å². The Morgan fingerprint density at radius 3 is 3.00 bits per heavy atom. The summed E-state index contributed by atoms with van der Waals surface area (Å²) in [6.07, 6.45) is 0. The molecule has 2 aromatic rings. The predicted molar refractivity (Wildman–Crippen MR) is 66.1 cm³/mol. The first-order chi connectivity index (χ1) is 8.13. The average molecular weight is 233 g/mol. The van der Waals surface area contributed by atoms with Crippen molar-refractivity contribution in [1.29, 1.82) is 0 Å². The summed E-state index contributed by atoms with van der Waals surface area (Å²) in [7, 11) is 0. The van der Waals surface area contributed by atoms with E-state index in [2.05, 4.69) is 10.3 Å². The van der Waals surface area contributed by atoms with Gasteiger partial charge in [-0.05, 0) is 25.1 Å². The van der Waals surface area contributed by atoms with Gasteiger partial charge >= 0.3 is 0 Å². The number of aryl methyl sites for hydroxylation is 1. The van der Waals surface area contributed by atoms with E-state index in [0.717, 1.165) is 16.6 Å². The highest BCUT2D eigenvalue weighted by Gasteiger charge is 2.15. The zero-order valence-electron chi connectivity index (χ0n) is 9.58. The number of fused-ring (bicyclic) bond motifs is 1. The van der Waals surface area contributed by atoms with E-state index >= 15 is 0 Å². The molecule has 1 heterocycles. The number of aromatic nitrogens is 1. The van der Waals surface area contributed by atoms with Crippen LogP contribution in [0.1, 0.15) is 16.1 Å². The van der Waals surface area contributed by atoms with Gasteiger partial charge in [0.15, 0.2) is 0 Å². The Morgan fingerprint density at radius 1 is 1.53 bits per heavy atom. The first-order valence-corrected chi connectivity index (χ1v) is 5.43. The first-order valence-electron chi connectivity index (χ1n) is 5.43. The monoisotopic (exact) mass is 233 g/mol. The molecule has 2 rings (SSSR count). The van der Waals surface area contributed by atoms with E-state index in [4.69, 9.17) is 5.73 Å². The van der Waals surface area contributed by atoms with Crippen LogP contribution in [-0.4, -0.2) is 29.1 Å². The minimum absolute atomic E-state index is 0.143. The third-order valence-electron chi connectivity index (χ3n) is 2.63. The lowest BCUT2D eigenvalue weighted by atomic mass is 10.1. The number of carbonyl (C=O) groups excluding carboxylic acids is 1. The lowest BCUT2D eigenvalue weighted by Crippen LogP contribution is -2.29. The molecule has 0 spiro atoms. The van der Waals surface area contributed by atoms with E-state index in [9.17, 15) is 9.90 Å². The van der Waals surface area contributed by atoms with Crippen molar-refractivity contribution in [2.24, 2.45) is 5.73 Å². The zero-order chi connectivity index (χ0) is 12.4. The van der Waals surface area contributed by atoms with E-state index in [1.807, 2.05) is 6.92 Å². The summed E-state index contributed by atoms with van der Waals surface area (Å²) in [5.74, 6) is -0.0332. The van der Waals surface area contributed by atoms with Crippen LogP contribution in [0.25, 0.3) is 10.9 Å². The van der Waals surface area contributed by atoms with E-state index in [0.29, 0.717) is 18.7 Å². The molecule has 0 fully saturated rings. The van der Waals surface area contributed by atoms with Crippen LogP contribution in [0.5, 0.6) is 5.75 Å². The topological polar surface area (TPSA) is 91.1 Å². The van der Waals surface area contributed by atoms with Crippen molar-refractivity contribution >= 4 is 16.8 Å². The second-order valence-corrected chi connectivity index (χ2v) is 3.90. The number of hydrogen-bond donors (Lipinski definition) is 4. The SMILES string of the molecule is Cc1[nH]c2ccc(O)cc2c1C(=O)NCCN. The van der Waals surface area contributed by atoms with E-state index in [-0.39, 0.29) is 11.7 Å². The van der Waals surface area contributed by atoms with Gasteiger partial charge in [0.25, 0.3) is 5.91 Å². The molecule has 90 valence electrons. The Balaban J connectivity index is 2.48. The molecule has 0 aliphatic carbocycles. The van der Waals surface area contributed by atoms with Crippen molar-refractivity contribution in [3.8, 4) is 5.75 Å². The molecule has 0 saturated carbocycles. The zero-order valence-corrected chi connectivity index (χ0v) is 9.58. The summed E-state index contributed by atoms with van der Waals surface area (Å²) in [6.45, 7) is 2.66. The van der Waals surface area contributed by atoms with Crippen LogP contribution >= 0.6 is 0 Å². The van der Waals surface area contributed by atoms with Crippen LogP contribution in [0.15, 0.2) is 18.2 Å². The number of aromatic hydroxyl groups is 1. The summed E-state index contributed by atoms with van der Waals surface area (Å²) in [5, 5.41) is 12.9. The first kappa shape index (κ1) is 11.5. The van der Waals surface area contributed by atoms with Gasteiger partial charge in [-0.15, -0.1) is 0 Å². The van der Waals surface area contributed by atoms with Gasteiger partial charge in [-0.1, -0.05) is 0 Å². The van der Waals surface area contributed by atoms with Gasteiger partial charge < -0.3 is 21.1 Å². The Morgan fingerprint density at radius 2 is 2.29 bits per heavy atom. The van der Waals surface area contributed by atoms with Crippen molar-refractivity contribution in [2.75, 3.05) is 13.1 Å². The van der Waals surface area contributed by atoms with Gasteiger partial charge in [-0.3, -0.25) is 4.79 Å². The molecule has 5 nitrogen and oxygen atoms in total. The molecule has 0 bridgehead atoms. The number of phenols is 1. The fourth-order valence-corrected chi connectivity index (χ4v) is 1.88. The van der Waals surface area contributed by atoms with Gasteiger partial charge in [0.1, 0.15) is 5.75 Å². The van der Waals surface area contributed by atoms with Gasteiger partial charge in [0, 0.05) is 29.7 Å². The van der Waals surface area contributed by atoms with Gasteiger partial charge in [0.05, 0.1) is 5.56 Å². The largest absolute Gasteiger partial charge is 0.508 e. The quantitative estimate of drug-likeness (QED) is 0.634. The summed E-state index contributed by atoms with van der Waals surface area (Å²) in [5.41, 5.74) is 7.51. The second kappa shape index (κ2) is 4.47. The van der Waals surface area contributed by atoms with Crippen molar-refractivity contribution in [1.82, 2.24) is 10.3 Å². The van der Waals surface area contributed by atoms with Crippen LogP contribution in [-0.2, 0) is 0 Å². The van der Waals surface area contributed by atoms with Crippen molar-refractivity contribution < 1.29 is 9.90 Å². The molecule has 1 aromatic heterocycles. The lowest BCUT2D eigenvalue weighted by molar-refractivity contribution is 0.0956. The normalized spacial score (nSPS) is 10.7. The number of carbonyl (C=O) groups is 1. The maximum absolute atomic E-state index is 11.9. The molecule has 1 aromatic carbocycles. The third kappa shape index (κ3) is 2.09. The number of rotatable bonds is 3. The van der Waals surface area contributed by atoms with Gasteiger partial charge in [-0.2, -0.15) is 0 Å². The number of aromatic amines is 1. The third-order valence-corrected chi connectivity index (χ3v) is 2.63. The number of benzene rings is 1. The van der Waals surface area contributed by atoms with E-state index < -0.39 is 0 Å². The number of nitrogens with two attached hydrogens (primary N) is 1. The number of hydrogen-bond acceptors (Lipinski definition) is 3. The summed E-state index contributed by atoms with van der Waals surface area (Å²) < 4.78 is 0. The highest BCUT2D eigenvalue weighted by Crippen LogP contribution is 2.25. The Kier molecular flexibility index (Phi) is 3.01. The predicted octanol–water partition coefficient (Wildman–Crippen LogP) is 0.870. The summed E-state index contributed by atoms with van der Waals surface area (Å²) in [6, 6.07) is 4.91. The molecule has 0 aliphatic heterocycles. The smallest absolute Gasteiger partial charge is 0.253 e. The second-order valence-electron chi connectivity index (χ2n) is 3.90. The maximum Gasteiger partial charge on any atom is 0.253 e. The number of nitrogens with one attached hydrogen (secondary N) is 2. The van der Waals surface area contributed by atoms with Crippen LogP contribution < -0.4 is 11.1 Å². The minimum Gasteiger partial charge on any atom is -0.508 e. The number of amides is 1. The van der Waals surface area contributed by atoms with Crippen LogP contribution in [0.2, 0.25) is 0 Å². The lowest BCUT2D eigenvalue weighted by Gasteiger charge is -2.03.